The topological polar surface area (TPSA) is 15.3 Å². The standard InChI is InChI=1S/C18H36N2/c1-5-18-11-19-17(10-14(2)3)13-20(18)12-16-8-6-15(4)7-9-16/h14-19H,5-13H2,1-4H3. The average Bonchev–Trinajstić information content (AvgIpc) is 2.41. The van der Waals surface area contributed by atoms with Gasteiger partial charge in [-0.15, -0.1) is 0 Å². The number of hydrogen-bond acceptors (Lipinski definition) is 2. The monoisotopic (exact) mass is 280 g/mol. The highest BCUT2D eigenvalue weighted by Gasteiger charge is 2.29. The molecule has 2 heteroatoms. The maximum absolute atomic E-state index is 3.78. The SMILES string of the molecule is CCC1CNC(CC(C)C)CN1CC1CCC(C)CC1. The van der Waals surface area contributed by atoms with Crippen molar-refractivity contribution >= 4 is 0 Å². The molecule has 0 spiro atoms. The van der Waals surface area contributed by atoms with Gasteiger partial charge in [0.15, 0.2) is 0 Å². The molecule has 1 aliphatic heterocycles. The second kappa shape index (κ2) is 7.79. The van der Waals surface area contributed by atoms with Crippen LogP contribution in [0, 0.1) is 17.8 Å². The van der Waals surface area contributed by atoms with Crippen molar-refractivity contribution in [1.29, 1.82) is 0 Å². The van der Waals surface area contributed by atoms with Gasteiger partial charge < -0.3 is 5.32 Å². The molecule has 0 bridgehead atoms. The van der Waals surface area contributed by atoms with Gasteiger partial charge in [-0.1, -0.05) is 40.5 Å². The van der Waals surface area contributed by atoms with Crippen LogP contribution in [0.15, 0.2) is 0 Å². The summed E-state index contributed by atoms with van der Waals surface area (Å²) in [6.07, 6.45) is 8.48. The summed E-state index contributed by atoms with van der Waals surface area (Å²) >= 11 is 0. The number of rotatable bonds is 5. The largest absolute Gasteiger partial charge is 0.311 e. The Kier molecular flexibility index (Phi) is 6.35. The lowest BCUT2D eigenvalue weighted by Crippen LogP contribution is -2.57. The van der Waals surface area contributed by atoms with Crippen LogP contribution >= 0.6 is 0 Å². The van der Waals surface area contributed by atoms with Crippen molar-refractivity contribution in [1.82, 2.24) is 10.2 Å². The molecule has 2 aliphatic rings. The van der Waals surface area contributed by atoms with Crippen LogP contribution in [-0.4, -0.2) is 36.6 Å². The lowest BCUT2D eigenvalue weighted by Gasteiger charge is -2.43. The molecule has 0 radical (unpaired) electrons. The number of hydrogen-bond donors (Lipinski definition) is 1. The quantitative estimate of drug-likeness (QED) is 0.821. The van der Waals surface area contributed by atoms with E-state index in [1.165, 1.54) is 58.2 Å². The Labute approximate surface area is 126 Å². The molecule has 2 nitrogen and oxygen atoms in total. The van der Waals surface area contributed by atoms with Gasteiger partial charge in [0.25, 0.3) is 0 Å². The summed E-state index contributed by atoms with van der Waals surface area (Å²) in [6.45, 7) is 13.3. The Bertz CT molecular complexity index is 269. The predicted molar refractivity (Wildman–Crippen MR) is 88.0 cm³/mol. The second-order valence-corrected chi connectivity index (χ2v) is 7.88. The average molecular weight is 280 g/mol. The van der Waals surface area contributed by atoms with Crippen molar-refractivity contribution in [3.8, 4) is 0 Å². The fourth-order valence-electron chi connectivity index (χ4n) is 4.12. The third-order valence-electron chi connectivity index (χ3n) is 5.47. The van der Waals surface area contributed by atoms with Gasteiger partial charge in [0.05, 0.1) is 0 Å². The first-order valence-corrected chi connectivity index (χ1v) is 9.05. The molecule has 1 N–H and O–H groups in total. The van der Waals surface area contributed by atoms with E-state index in [1.54, 1.807) is 0 Å². The first kappa shape index (κ1) is 16.3. The van der Waals surface area contributed by atoms with Crippen molar-refractivity contribution in [3.05, 3.63) is 0 Å². The van der Waals surface area contributed by atoms with Crippen LogP contribution in [0.3, 0.4) is 0 Å². The van der Waals surface area contributed by atoms with E-state index in [2.05, 4.69) is 37.9 Å². The summed E-state index contributed by atoms with van der Waals surface area (Å²) in [5.74, 6) is 2.76. The van der Waals surface area contributed by atoms with Crippen molar-refractivity contribution in [2.45, 2.75) is 78.3 Å². The Morgan fingerprint density at radius 1 is 1.15 bits per heavy atom. The summed E-state index contributed by atoms with van der Waals surface area (Å²) < 4.78 is 0. The summed E-state index contributed by atoms with van der Waals surface area (Å²) in [5, 5.41) is 3.78. The maximum Gasteiger partial charge on any atom is 0.0218 e. The molecule has 2 atom stereocenters. The molecule has 0 aromatic heterocycles. The van der Waals surface area contributed by atoms with Crippen molar-refractivity contribution < 1.29 is 0 Å². The van der Waals surface area contributed by atoms with E-state index in [0.29, 0.717) is 0 Å². The lowest BCUT2D eigenvalue weighted by molar-refractivity contribution is 0.0871. The zero-order chi connectivity index (χ0) is 14.5. The van der Waals surface area contributed by atoms with E-state index < -0.39 is 0 Å². The smallest absolute Gasteiger partial charge is 0.0218 e. The van der Waals surface area contributed by atoms with Crippen LogP contribution in [0.1, 0.15) is 66.2 Å². The van der Waals surface area contributed by atoms with Crippen LogP contribution in [-0.2, 0) is 0 Å². The van der Waals surface area contributed by atoms with Crippen LogP contribution < -0.4 is 5.32 Å². The third-order valence-corrected chi connectivity index (χ3v) is 5.47. The van der Waals surface area contributed by atoms with Crippen molar-refractivity contribution in [2.24, 2.45) is 17.8 Å². The van der Waals surface area contributed by atoms with E-state index >= 15 is 0 Å². The van der Waals surface area contributed by atoms with Gasteiger partial charge in [0.2, 0.25) is 0 Å². The minimum atomic E-state index is 0.723. The normalized spacial score (nSPS) is 36.5. The Morgan fingerprint density at radius 3 is 2.45 bits per heavy atom. The van der Waals surface area contributed by atoms with Gasteiger partial charge in [-0.2, -0.15) is 0 Å². The minimum Gasteiger partial charge on any atom is -0.311 e. The molecule has 1 heterocycles. The first-order valence-electron chi connectivity index (χ1n) is 9.05. The van der Waals surface area contributed by atoms with Crippen LogP contribution in [0.5, 0.6) is 0 Å². The molecular formula is C18H36N2. The minimum absolute atomic E-state index is 0.723. The fourth-order valence-corrected chi connectivity index (χ4v) is 4.12. The zero-order valence-corrected chi connectivity index (χ0v) is 14.2. The lowest BCUT2D eigenvalue weighted by atomic mass is 9.82. The molecule has 0 amide bonds. The van der Waals surface area contributed by atoms with Crippen LogP contribution in [0.4, 0.5) is 0 Å². The summed E-state index contributed by atoms with van der Waals surface area (Å²) in [6, 6.07) is 1.50. The summed E-state index contributed by atoms with van der Waals surface area (Å²) in [4.78, 5) is 2.82. The number of nitrogens with zero attached hydrogens (tertiary/aromatic N) is 1. The Balaban J connectivity index is 1.85. The van der Waals surface area contributed by atoms with E-state index in [-0.39, 0.29) is 0 Å². The summed E-state index contributed by atoms with van der Waals surface area (Å²) in [5.41, 5.74) is 0. The van der Waals surface area contributed by atoms with E-state index in [0.717, 1.165) is 29.8 Å². The van der Waals surface area contributed by atoms with Gasteiger partial charge in [0.1, 0.15) is 0 Å². The number of piperazine rings is 1. The molecule has 0 aromatic rings. The molecule has 20 heavy (non-hydrogen) atoms. The highest BCUT2D eigenvalue weighted by Crippen LogP contribution is 2.30. The van der Waals surface area contributed by atoms with E-state index in [1.807, 2.05) is 0 Å². The van der Waals surface area contributed by atoms with E-state index in [9.17, 15) is 0 Å². The third kappa shape index (κ3) is 4.73. The number of nitrogens with one attached hydrogen (secondary N) is 1. The molecule has 1 saturated carbocycles. The van der Waals surface area contributed by atoms with Gasteiger partial charge >= 0.3 is 0 Å². The molecule has 1 aliphatic carbocycles. The molecule has 118 valence electrons. The van der Waals surface area contributed by atoms with E-state index in [4.69, 9.17) is 0 Å². The molecule has 2 fully saturated rings. The van der Waals surface area contributed by atoms with Crippen LogP contribution in [0.2, 0.25) is 0 Å². The maximum atomic E-state index is 3.78. The van der Waals surface area contributed by atoms with Crippen LogP contribution in [0.25, 0.3) is 0 Å². The predicted octanol–water partition coefficient (Wildman–Crippen LogP) is 3.91. The molecule has 2 rings (SSSR count). The van der Waals surface area contributed by atoms with Gasteiger partial charge in [-0.3, -0.25) is 4.90 Å². The van der Waals surface area contributed by atoms with Gasteiger partial charge in [0, 0.05) is 31.7 Å². The molecule has 0 aromatic carbocycles. The fraction of sp³-hybridized carbons (Fsp3) is 1.00. The summed E-state index contributed by atoms with van der Waals surface area (Å²) in [7, 11) is 0. The first-order chi connectivity index (χ1) is 9.58. The van der Waals surface area contributed by atoms with Gasteiger partial charge in [-0.05, 0) is 43.4 Å². The highest BCUT2D eigenvalue weighted by molar-refractivity contribution is 4.87. The second-order valence-electron chi connectivity index (χ2n) is 7.88. The Morgan fingerprint density at radius 2 is 1.85 bits per heavy atom. The molecule has 1 saturated heterocycles. The zero-order valence-electron chi connectivity index (χ0n) is 14.2. The molecular weight excluding hydrogens is 244 g/mol. The van der Waals surface area contributed by atoms with Crippen molar-refractivity contribution in [3.63, 3.8) is 0 Å². The van der Waals surface area contributed by atoms with Gasteiger partial charge in [-0.25, -0.2) is 0 Å². The highest BCUT2D eigenvalue weighted by atomic mass is 15.2. The Hall–Kier alpha value is -0.0800. The van der Waals surface area contributed by atoms with Crippen molar-refractivity contribution in [2.75, 3.05) is 19.6 Å². The molecule has 2 unspecified atom stereocenters.